The minimum atomic E-state index is 0.0410. The molecule has 0 aliphatic heterocycles. The van der Waals surface area contributed by atoms with E-state index in [9.17, 15) is 4.79 Å². The van der Waals surface area contributed by atoms with Gasteiger partial charge in [0, 0.05) is 0 Å². The first-order valence-corrected chi connectivity index (χ1v) is 8.91. The van der Waals surface area contributed by atoms with Crippen molar-refractivity contribution in [2.75, 3.05) is 0 Å². The van der Waals surface area contributed by atoms with E-state index in [-0.39, 0.29) is 11.9 Å². The monoisotopic (exact) mass is 333 g/mol. The zero-order valence-corrected chi connectivity index (χ0v) is 14.7. The zero-order valence-electron chi connectivity index (χ0n) is 14.7. The van der Waals surface area contributed by atoms with Crippen molar-refractivity contribution >= 4 is 16.9 Å². The van der Waals surface area contributed by atoms with E-state index < -0.39 is 0 Å². The number of aromatic nitrogens is 2. The van der Waals surface area contributed by atoms with Gasteiger partial charge in [-0.1, -0.05) is 24.3 Å². The Morgan fingerprint density at radius 2 is 2.04 bits per heavy atom. The van der Waals surface area contributed by atoms with Gasteiger partial charge in [-0.2, -0.15) is 0 Å². The van der Waals surface area contributed by atoms with Crippen LogP contribution in [0.3, 0.4) is 0 Å². The van der Waals surface area contributed by atoms with E-state index in [2.05, 4.69) is 60.5 Å². The van der Waals surface area contributed by atoms with Gasteiger partial charge in [-0.15, -0.1) is 0 Å². The summed E-state index contributed by atoms with van der Waals surface area (Å²) >= 11 is 0. The van der Waals surface area contributed by atoms with Crippen LogP contribution in [0.2, 0.25) is 0 Å². The second-order valence-electron chi connectivity index (χ2n) is 7.01. The van der Waals surface area contributed by atoms with Crippen molar-refractivity contribution in [3.63, 3.8) is 0 Å². The molecule has 1 amide bonds. The summed E-state index contributed by atoms with van der Waals surface area (Å²) in [6, 6.07) is 12.7. The first kappa shape index (κ1) is 15.9. The molecule has 4 heteroatoms. The Hall–Kier alpha value is -2.62. The van der Waals surface area contributed by atoms with Crippen molar-refractivity contribution in [3.8, 4) is 0 Å². The molecular formula is C21H23N3O. The minimum absolute atomic E-state index is 0.0410. The fourth-order valence-corrected chi connectivity index (χ4v) is 3.74. The number of rotatable bonds is 3. The Kier molecular flexibility index (Phi) is 4.04. The molecule has 1 N–H and O–H groups in total. The van der Waals surface area contributed by atoms with E-state index in [1.165, 1.54) is 22.3 Å². The van der Waals surface area contributed by atoms with E-state index >= 15 is 0 Å². The summed E-state index contributed by atoms with van der Waals surface area (Å²) in [5.74, 6) is 0.0410. The van der Waals surface area contributed by atoms with Gasteiger partial charge >= 0.3 is 0 Å². The van der Waals surface area contributed by atoms with Gasteiger partial charge in [0.25, 0.3) is 0 Å². The molecule has 2 aromatic carbocycles. The molecule has 0 fully saturated rings. The molecular weight excluding hydrogens is 310 g/mol. The minimum Gasteiger partial charge on any atom is -0.348 e. The molecule has 25 heavy (non-hydrogen) atoms. The van der Waals surface area contributed by atoms with E-state index in [4.69, 9.17) is 0 Å². The van der Waals surface area contributed by atoms with Crippen LogP contribution >= 0.6 is 0 Å². The van der Waals surface area contributed by atoms with Gasteiger partial charge in [0.1, 0.15) is 6.54 Å². The third-order valence-corrected chi connectivity index (χ3v) is 5.26. The van der Waals surface area contributed by atoms with Crippen LogP contribution in [0.15, 0.2) is 42.7 Å². The fraction of sp³-hybridized carbons (Fsp3) is 0.333. The molecule has 4 rings (SSSR count). The van der Waals surface area contributed by atoms with Gasteiger partial charge in [-0.25, -0.2) is 4.98 Å². The molecule has 128 valence electrons. The summed E-state index contributed by atoms with van der Waals surface area (Å²) < 4.78 is 1.94. The molecule has 1 atom stereocenters. The van der Waals surface area contributed by atoms with Crippen molar-refractivity contribution in [3.05, 3.63) is 65.0 Å². The summed E-state index contributed by atoms with van der Waals surface area (Å²) in [6.07, 6.45) is 4.99. The number of nitrogens with zero attached hydrogens (tertiary/aromatic N) is 2. The number of carbonyl (C=O) groups is 1. The van der Waals surface area contributed by atoms with Gasteiger partial charge in [-0.3, -0.25) is 4.79 Å². The number of amides is 1. The lowest BCUT2D eigenvalue weighted by Crippen LogP contribution is -2.33. The van der Waals surface area contributed by atoms with Crippen LogP contribution in [0.5, 0.6) is 0 Å². The molecule has 1 aliphatic carbocycles. The topological polar surface area (TPSA) is 46.9 Å². The average molecular weight is 333 g/mol. The number of hydrogen-bond donors (Lipinski definition) is 1. The highest BCUT2D eigenvalue weighted by Gasteiger charge is 2.21. The lowest BCUT2D eigenvalue weighted by molar-refractivity contribution is -0.122. The molecule has 0 spiro atoms. The number of aryl methyl sites for hydroxylation is 3. The molecule has 0 saturated heterocycles. The highest BCUT2D eigenvalue weighted by atomic mass is 16.2. The van der Waals surface area contributed by atoms with Crippen LogP contribution in [-0.2, 0) is 17.8 Å². The van der Waals surface area contributed by atoms with Crippen LogP contribution in [0, 0.1) is 13.8 Å². The second kappa shape index (κ2) is 6.36. The third kappa shape index (κ3) is 3.04. The number of benzene rings is 2. The summed E-state index contributed by atoms with van der Waals surface area (Å²) in [6.45, 7) is 4.48. The van der Waals surface area contributed by atoms with Gasteiger partial charge < -0.3 is 9.88 Å². The summed E-state index contributed by atoms with van der Waals surface area (Å²) in [5.41, 5.74) is 7.03. The number of fused-ring (bicyclic) bond motifs is 2. The third-order valence-electron chi connectivity index (χ3n) is 5.26. The molecule has 3 aromatic rings. The maximum atomic E-state index is 12.6. The molecule has 4 nitrogen and oxygen atoms in total. The van der Waals surface area contributed by atoms with Crippen LogP contribution in [0.4, 0.5) is 0 Å². The lowest BCUT2D eigenvalue weighted by atomic mass is 9.88. The second-order valence-corrected chi connectivity index (χ2v) is 7.01. The summed E-state index contributed by atoms with van der Waals surface area (Å²) in [7, 11) is 0. The van der Waals surface area contributed by atoms with Crippen LogP contribution in [0.25, 0.3) is 11.0 Å². The quantitative estimate of drug-likeness (QED) is 0.791. The Bertz CT molecular complexity index is 941. The molecule has 0 saturated carbocycles. The maximum absolute atomic E-state index is 12.6. The summed E-state index contributed by atoms with van der Waals surface area (Å²) in [5, 5.41) is 3.22. The highest BCUT2D eigenvalue weighted by molar-refractivity contribution is 5.81. The Balaban J connectivity index is 1.53. The Morgan fingerprint density at radius 3 is 2.92 bits per heavy atom. The van der Waals surface area contributed by atoms with Gasteiger partial charge in [0.2, 0.25) is 5.91 Å². The largest absolute Gasteiger partial charge is 0.348 e. The van der Waals surface area contributed by atoms with Crippen LogP contribution in [0.1, 0.15) is 41.1 Å². The summed E-state index contributed by atoms with van der Waals surface area (Å²) in [4.78, 5) is 17.1. The lowest BCUT2D eigenvalue weighted by Gasteiger charge is -2.26. The smallest absolute Gasteiger partial charge is 0.240 e. The van der Waals surface area contributed by atoms with Crippen molar-refractivity contribution < 1.29 is 4.79 Å². The van der Waals surface area contributed by atoms with Gasteiger partial charge in [0.05, 0.1) is 23.4 Å². The molecule has 1 aromatic heterocycles. The molecule has 1 heterocycles. The molecule has 1 unspecified atom stereocenters. The zero-order chi connectivity index (χ0) is 17.4. The first-order valence-electron chi connectivity index (χ1n) is 8.91. The number of carbonyl (C=O) groups excluding carboxylic acids is 1. The first-order chi connectivity index (χ1) is 12.1. The number of hydrogen-bond acceptors (Lipinski definition) is 2. The van der Waals surface area contributed by atoms with Gasteiger partial charge in [-0.05, 0) is 67.5 Å². The van der Waals surface area contributed by atoms with E-state index in [1.807, 2.05) is 4.57 Å². The van der Waals surface area contributed by atoms with E-state index in [1.54, 1.807) is 6.33 Å². The van der Waals surface area contributed by atoms with Crippen molar-refractivity contribution in [2.45, 2.75) is 45.7 Å². The van der Waals surface area contributed by atoms with E-state index in [0.717, 1.165) is 30.3 Å². The van der Waals surface area contributed by atoms with Crippen molar-refractivity contribution in [2.24, 2.45) is 0 Å². The predicted octanol–water partition coefficient (Wildman–Crippen LogP) is 3.85. The highest BCUT2D eigenvalue weighted by Crippen LogP contribution is 2.29. The standard InChI is InChI=1S/C21H23N3O/c1-14-10-19-20(11-15(14)2)24(13-22-19)12-21(25)23-18-9-5-7-16-6-3-4-8-17(16)18/h3-4,6,8,10-11,13,18H,5,7,9,12H2,1-2H3,(H,23,25). The molecule has 1 aliphatic rings. The fourth-order valence-electron chi connectivity index (χ4n) is 3.74. The number of imidazole rings is 1. The molecule has 0 bridgehead atoms. The maximum Gasteiger partial charge on any atom is 0.240 e. The van der Waals surface area contributed by atoms with Crippen LogP contribution < -0.4 is 5.32 Å². The Labute approximate surface area is 147 Å². The predicted molar refractivity (Wildman–Crippen MR) is 99.5 cm³/mol. The van der Waals surface area contributed by atoms with Crippen LogP contribution in [-0.4, -0.2) is 15.5 Å². The van der Waals surface area contributed by atoms with Crippen molar-refractivity contribution in [1.29, 1.82) is 0 Å². The number of nitrogens with one attached hydrogen (secondary N) is 1. The SMILES string of the molecule is Cc1cc2ncn(CC(=O)NC3CCCc4ccccc43)c2cc1C. The average Bonchev–Trinajstić information content (AvgIpc) is 2.97. The van der Waals surface area contributed by atoms with E-state index in [0.29, 0.717) is 6.54 Å². The molecule has 0 radical (unpaired) electrons. The van der Waals surface area contributed by atoms with Gasteiger partial charge in [0.15, 0.2) is 0 Å². The van der Waals surface area contributed by atoms with Crippen molar-refractivity contribution in [1.82, 2.24) is 14.9 Å². The Morgan fingerprint density at radius 1 is 1.24 bits per heavy atom. The normalized spacial score (nSPS) is 16.6.